The Balaban J connectivity index is 1.55. The molecule has 11 heteroatoms. The highest BCUT2D eigenvalue weighted by molar-refractivity contribution is 7.09. The highest BCUT2D eigenvalue weighted by Gasteiger charge is 2.17. The number of thiophene rings is 1. The van der Waals surface area contributed by atoms with Gasteiger partial charge in [0, 0.05) is 17.1 Å². The lowest BCUT2D eigenvalue weighted by Gasteiger charge is -2.21. The lowest BCUT2D eigenvalue weighted by molar-refractivity contribution is -0.139. The van der Waals surface area contributed by atoms with Gasteiger partial charge in [0.2, 0.25) is 11.8 Å². The Morgan fingerprint density at radius 1 is 1.00 bits per heavy atom. The van der Waals surface area contributed by atoms with Crippen molar-refractivity contribution >= 4 is 46.5 Å². The quantitative estimate of drug-likeness (QED) is 0.276. The second-order valence-electron chi connectivity index (χ2n) is 8.42. The molecule has 1 heterocycles. The van der Waals surface area contributed by atoms with Crippen LogP contribution >= 0.6 is 11.3 Å². The van der Waals surface area contributed by atoms with Crippen LogP contribution in [0.15, 0.2) is 60.0 Å². The van der Waals surface area contributed by atoms with Crippen LogP contribution in [0.25, 0.3) is 0 Å². The van der Waals surface area contributed by atoms with Gasteiger partial charge in [0.25, 0.3) is 0 Å². The molecule has 4 N–H and O–H groups in total. The molecule has 0 atom stereocenters. The number of carboxylic acids is 1. The molecule has 0 saturated carbocycles. The van der Waals surface area contributed by atoms with E-state index in [1.165, 1.54) is 23.3 Å². The van der Waals surface area contributed by atoms with Gasteiger partial charge in [-0.2, -0.15) is 0 Å². The van der Waals surface area contributed by atoms with Crippen LogP contribution in [0.3, 0.4) is 0 Å². The van der Waals surface area contributed by atoms with E-state index in [0.29, 0.717) is 22.7 Å². The largest absolute Gasteiger partial charge is 0.495 e. The number of hydrogen-bond donors (Lipinski definition) is 4. The minimum atomic E-state index is -1.00. The first-order chi connectivity index (χ1) is 18.2. The predicted octanol–water partition coefficient (Wildman–Crippen LogP) is 3.87. The van der Waals surface area contributed by atoms with Crippen molar-refractivity contribution in [3.63, 3.8) is 0 Å². The Morgan fingerprint density at radius 3 is 2.45 bits per heavy atom. The number of benzene rings is 2. The molecule has 0 fully saturated rings. The predicted molar refractivity (Wildman–Crippen MR) is 146 cm³/mol. The van der Waals surface area contributed by atoms with E-state index in [4.69, 9.17) is 9.84 Å². The standard InChI is InChI=1S/C27H30N4O6S/c1-18-6-3-4-8-21(18)29-27(36)30-22-10-9-19(14-23(22)37-2)15-24(32)28-16-25(33)31(12-11-26(34)35)17-20-7-5-13-38-20/h3-10,13-14H,11-12,15-17H2,1-2H3,(H,28,32)(H,34,35)(H2,29,30,36). The molecular weight excluding hydrogens is 508 g/mol. The molecule has 0 saturated heterocycles. The number of carbonyl (C=O) groups excluding carboxylic acids is 3. The van der Waals surface area contributed by atoms with Crippen molar-refractivity contribution in [2.75, 3.05) is 30.8 Å². The first-order valence-corrected chi connectivity index (χ1v) is 12.7. The minimum Gasteiger partial charge on any atom is -0.495 e. The smallest absolute Gasteiger partial charge is 0.323 e. The highest BCUT2D eigenvalue weighted by Crippen LogP contribution is 2.26. The van der Waals surface area contributed by atoms with Gasteiger partial charge in [-0.15, -0.1) is 11.3 Å². The molecule has 2 aromatic carbocycles. The van der Waals surface area contributed by atoms with Crippen molar-refractivity contribution in [1.82, 2.24) is 10.2 Å². The van der Waals surface area contributed by atoms with Crippen molar-refractivity contribution in [2.45, 2.75) is 26.3 Å². The van der Waals surface area contributed by atoms with Crippen LogP contribution < -0.4 is 20.7 Å². The Hall–Kier alpha value is -4.38. The molecule has 0 aliphatic rings. The maximum atomic E-state index is 12.7. The first kappa shape index (κ1) is 28.2. The molecule has 0 unspecified atom stereocenters. The number of rotatable bonds is 12. The van der Waals surface area contributed by atoms with Gasteiger partial charge < -0.3 is 30.7 Å². The van der Waals surface area contributed by atoms with E-state index < -0.39 is 12.0 Å². The van der Waals surface area contributed by atoms with Gasteiger partial charge in [-0.05, 0) is 47.7 Å². The fraction of sp³-hybridized carbons (Fsp3) is 0.259. The number of hydrogen-bond acceptors (Lipinski definition) is 6. The van der Waals surface area contributed by atoms with Crippen molar-refractivity contribution in [3.05, 3.63) is 76.0 Å². The Kier molecular flexibility index (Phi) is 10.2. The molecule has 4 amide bonds. The van der Waals surface area contributed by atoms with Gasteiger partial charge >= 0.3 is 12.0 Å². The van der Waals surface area contributed by atoms with E-state index >= 15 is 0 Å². The number of para-hydroxylation sites is 1. The average molecular weight is 539 g/mol. The van der Waals surface area contributed by atoms with E-state index in [2.05, 4.69) is 16.0 Å². The van der Waals surface area contributed by atoms with Crippen molar-refractivity contribution in [1.29, 1.82) is 0 Å². The number of ether oxygens (including phenoxy) is 1. The van der Waals surface area contributed by atoms with E-state index in [9.17, 15) is 19.2 Å². The zero-order valence-corrected chi connectivity index (χ0v) is 22.0. The number of carbonyl (C=O) groups is 4. The first-order valence-electron chi connectivity index (χ1n) is 11.8. The third kappa shape index (κ3) is 8.63. The Labute approximate surface area is 224 Å². The van der Waals surface area contributed by atoms with Gasteiger partial charge in [-0.1, -0.05) is 30.3 Å². The van der Waals surface area contributed by atoms with Crippen LogP contribution in [0.1, 0.15) is 22.4 Å². The topological polar surface area (TPSA) is 137 Å². The van der Waals surface area contributed by atoms with E-state index in [1.54, 1.807) is 24.3 Å². The van der Waals surface area contributed by atoms with E-state index in [1.807, 2.05) is 42.6 Å². The maximum Gasteiger partial charge on any atom is 0.323 e. The molecular formula is C27H30N4O6S. The SMILES string of the molecule is COc1cc(CC(=O)NCC(=O)N(CCC(=O)O)Cc2cccs2)ccc1NC(=O)Nc1ccccc1C. The fourth-order valence-electron chi connectivity index (χ4n) is 3.58. The molecule has 38 heavy (non-hydrogen) atoms. The van der Waals surface area contributed by atoms with Crippen LogP contribution in [-0.4, -0.2) is 54.0 Å². The van der Waals surface area contributed by atoms with Crippen LogP contribution in [0, 0.1) is 6.92 Å². The van der Waals surface area contributed by atoms with Gasteiger partial charge in [0.1, 0.15) is 5.75 Å². The Bertz CT molecular complexity index is 1280. The summed E-state index contributed by atoms with van der Waals surface area (Å²) in [6.07, 6.45) is -0.201. The Morgan fingerprint density at radius 2 is 1.76 bits per heavy atom. The number of anilines is 2. The monoisotopic (exact) mass is 538 g/mol. The molecule has 10 nitrogen and oxygen atoms in total. The minimum absolute atomic E-state index is 0.0145. The maximum absolute atomic E-state index is 12.7. The third-order valence-corrected chi connectivity index (χ3v) is 6.45. The van der Waals surface area contributed by atoms with Gasteiger partial charge in [-0.25, -0.2) is 4.79 Å². The van der Waals surface area contributed by atoms with Crippen molar-refractivity contribution in [2.24, 2.45) is 0 Å². The zero-order valence-electron chi connectivity index (χ0n) is 21.2. The number of aryl methyl sites for hydroxylation is 1. The number of carboxylic acid groups (broad SMARTS) is 1. The summed E-state index contributed by atoms with van der Waals surface area (Å²) in [5.41, 5.74) is 2.66. The van der Waals surface area contributed by atoms with Crippen LogP contribution in [0.5, 0.6) is 5.75 Å². The summed E-state index contributed by atoms with van der Waals surface area (Å²) in [5.74, 6) is -1.38. The summed E-state index contributed by atoms with van der Waals surface area (Å²) in [6.45, 7) is 1.97. The summed E-state index contributed by atoms with van der Waals surface area (Å²) in [7, 11) is 1.46. The molecule has 1 aromatic heterocycles. The third-order valence-electron chi connectivity index (χ3n) is 5.58. The lowest BCUT2D eigenvalue weighted by atomic mass is 10.1. The summed E-state index contributed by atoms with van der Waals surface area (Å²) in [4.78, 5) is 51.0. The number of urea groups is 1. The number of aliphatic carboxylic acids is 1. The van der Waals surface area contributed by atoms with Crippen LogP contribution in [-0.2, 0) is 27.3 Å². The average Bonchev–Trinajstić information content (AvgIpc) is 3.40. The molecule has 3 rings (SSSR count). The molecule has 0 aliphatic carbocycles. The summed E-state index contributed by atoms with van der Waals surface area (Å²) >= 11 is 1.47. The van der Waals surface area contributed by atoms with Gasteiger partial charge in [0.15, 0.2) is 0 Å². The molecule has 3 aromatic rings. The van der Waals surface area contributed by atoms with Gasteiger partial charge in [0.05, 0.1) is 38.7 Å². The van der Waals surface area contributed by atoms with Crippen molar-refractivity contribution in [3.8, 4) is 5.75 Å². The van der Waals surface area contributed by atoms with Crippen LogP contribution in [0.4, 0.5) is 16.2 Å². The van der Waals surface area contributed by atoms with E-state index in [0.717, 1.165) is 10.4 Å². The summed E-state index contributed by atoms with van der Waals surface area (Å²) < 4.78 is 5.39. The van der Waals surface area contributed by atoms with Crippen molar-refractivity contribution < 1.29 is 29.0 Å². The summed E-state index contributed by atoms with van der Waals surface area (Å²) in [6, 6.07) is 15.6. The van der Waals surface area contributed by atoms with E-state index in [-0.39, 0.29) is 44.3 Å². The molecule has 0 bridgehead atoms. The number of methoxy groups -OCH3 is 1. The second kappa shape index (κ2) is 13.8. The highest BCUT2D eigenvalue weighted by atomic mass is 32.1. The molecule has 0 aliphatic heterocycles. The number of nitrogens with zero attached hydrogens (tertiary/aromatic N) is 1. The second-order valence-corrected chi connectivity index (χ2v) is 9.45. The zero-order chi connectivity index (χ0) is 27.5. The number of nitrogens with one attached hydrogen (secondary N) is 3. The number of amides is 4. The molecule has 200 valence electrons. The fourth-order valence-corrected chi connectivity index (χ4v) is 4.30. The lowest BCUT2D eigenvalue weighted by Crippen LogP contribution is -2.41. The normalized spacial score (nSPS) is 10.4. The van der Waals surface area contributed by atoms with Gasteiger partial charge in [-0.3, -0.25) is 14.4 Å². The summed E-state index contributed by atoms with van der Waals surface area (Å²) in [5, 5.41) is 19.0. The molecule has 0 radical (unpaired) electrons. The van der Waals surface area contributed by atoms with Crippen LogP contribution in [0.2, 0.25) is 0 Å². The molecule has 0 spiro atoms.